The second-order valence-corrected chi connectivity index (χ2v) is 13.9. The maximum atomic E-state index is 10.3. The smallest absolute Gasteiger partial charge is 0.550 e. The van der Waals surface area contributed by atoms with E-state index < -0.39 is 11.9 Å². The summed E-state index contributed by atoms with van der Waals surface area (Å²) in [6.07, 6.45) is 42.3. The standard InChI is InChI=1S/2C22H40O2.Mg/c2*1-2-3-4-5-6-7-8-9-10-11-12-13-14-15-16-17-18-19-20-21-22(23)24;/h2*2-8,11-21H2,1H3,(H,23,24);/q;;+2/p-2. The molecule has 0 saturated heterocycles. The monoisotopic (exact) mass is 695 g/mol. The minimum atomic E-state index is -0.912. The predicted octanol–water partition coefficient (Wildman–Crippen LogP) is 11.2. The van der Waals surface area contributed by atoms with Crippen molar-refractivity contribution in [1.82, 2.24) is 0 Å². The number of carboxylic acid groups (broad SMARTS) is 2. The van der Waals surface area contributed by atoms with Crippen LogP contribution in [0.15, 0.2) is 0 Å². The molecule has 0 amide bonds. The molecule has 4 nitrogen and oxygen atoms in total. The van der Waals surface area contributed by atoms with Gasteiger partial charge in [0.1, 0.15) is 0 Å². The third kappa shape index (κ3) is 56.5. The molecule has 0 saturated carbocycles. The molecule has 0 aromatic rings. The Bertz CT molecular complexity index is 722. The van der Waals surface area contributed by atoms with E-state index >= 15 is 0 Å². The van der Waals surface area contributed by atoms with Crippen LogP contribution in [0.2, 0.25) is 0 Å². The van der Waals surface area contributed by atoms with Crippen molar-refractivity contribution in [1.29, 1.82) is 0 Å². The van der Waals surface area contributed by atoms with Crippen molar-refractivity contribution >= 4 is 35.0 Å². The first-order valence-electron chi connectivity index (χ1n) is 20.9. The normalized spacial score (nSPS) is 10.2. The molecule has 0 bridgehead atoms. The molecule has 0 radical (unpaired) electrons. The molecule has 280 valence electrons. The van der Waals surface area contributed by atoms with Crippen LogP contribution in [-0.4, -0.2) is 35.0 Å². The van der Waals surface area contributed by atoms with Crippen molar-refractivity contribution in [3.05, 3.63) is 0 Å². The molecule has 0 heterocycles. The van der Waals surface area contributed by atoms with Gasteiger partial charge in [-0.3, -0.25) is 0 Å². The molecule has 49 heavy (non-hydrogen) atoms. The molecule has 0 aromatic heterocycles. The molecule has 0 unspecified atom stereocenters. The zero-order valence-electron chi connectivity index (χ0n) is 32.8. The number of rotatable bonds is 34. The Kier molecular flexibility index (Phi) is 52.1. The predicted molar refractivity (Wildman–Crippen MR) is 209 cm³/mol. The summed E-state index contributed by atoms with van der Waals surface area (Å²) in [5.41, 5.74) is 0. The van der Waals surface area contributed by atoms with Gasteiger partial charge in [0.05, 0.1) is 0 Å². The van der Waals surface area contributed by atoms with E-state index in [0.29, 0.717) is 0 Å². The van der Waals surface area contributed by atoms with Crippen molar-refractivity contribution < 1.29 is 19.8 Å². The SMILES string of the molecule is CCCCCCCCC#CCCCCCCCCCCCC(=O)[O-].CCCCCCCCC#CCCCCCCCCCCCC(=O)[O-].[Mg+2]. The maximum absolute atomic E-state index is 10.3. The molecule has 0 aromatic carbocycles. The topological polar surface area (TPSA) is 80.3 Å². The molecule has 0 aliphatic carbocycles. The largest absolute Gasteiger partial charge is 2.00 e. The third-order valence-corrected chi connectivity index (χ3v) is 8.93. The molecule has 0 spiro atoms. The average molecular weight is 695 g/mol. The number of hydrogen-bond acceptors (Lipinski definition) is 4. The average Bonchev–Trinajstić information content (AvgIpc) is 3.07. The van der Waals surface area contributed by atoms with Gasteiger partial charge in [-0.15, -0.1) is 23.7 Å². The van der Waals surface area contributed by atoms with E-state index in [-0.39, 0.29) is 35.9 Å². The summed E-state index contributed by atoms with van der Waals surface area (Å²) in [5.74, 6) is 11.5. The van der Waals surface area contributed by atoms with Crippen molar-refractivity contribution in [2.24, 2.45) is 0 Å². The van der Waals surface area contributed by atoms with Gasteiger partial charge in [-0.2, -0.15) is 0 Å². The summed E-state index contributed by atoms with van der Waals surface area (Å²) in [6, 6.07) is 0. The fraction of sp³-hybridized carbons (Fsp3) is 0.864. The van der Waals surface area contributed by atoms with Gasteiger partial charge in [-0.1, -0.05) is 168 Å². The van der Waals surface area contributed by atoms with E-state index in [4.69, 9.17) is 0 Å². The number of hydrogen-bond donors (Lipinski definition) is 0. The summed E-state index contributed by atoms with van der Waals surface area (Å²) in [6.45, 7) is 4.52. The number of unbranched alkanes of at least 4 members (excludes halogenated alkanes) is 30. The van der Waals surface area contributed by atoms with Crippen molar-refractivity contribution in [2.75, 3.05) is 0 Å². The van der Waals surface area contributed by atoms with Gasteiger partial charge in [-0.25, -0.2) is 0 Å². The van der Waals surface area contributed by atoms with Crippen LogP contribution in [0.5, 0.6) is 0 Å². The van der Waals surface area contributed by atoms with Crippen molar-refractivity contribution in [3.8, 4) is 23.7 Å². The van der Waals surface area contributed by atoms with Gasteiger partial charge < -0.3 is 19.8 Å². The van der Waals surface area contributed by atoms with Gasteiger partial charge >= 0.3 is 23.1 Å². The molecular weight excluding hydrogens is 617 g/mol. The Morgan fingerprint density at radius 2 is 0.510 bits per heavy atom. The fourth-order valence-electron chi connectivity index (χ4n) is 5.78. The van der Waals surface area contributed by atoms with E-state index in [1.165, 1.54) is 154 Å². The van der Waals surface area contributed by atoms with Crippen LogP contribution >= 0.6 is 0 Å². The summed E-state index contributed by atoms with van der Waals surface area (Å²) < 4.78 is 0. The Morgan fingerprint density at radius 3 is 0.714 bits per heavy atom. The van der Waals surface area contributed by atoms with Crippen molar-refractivity contribution in [3.63, 3.8) is 0 Å². The number of carboxylic acids is 2. The molecule has 0 aliphatic heterocycles. The molecule has 5 heteroatoms. The van der Waals surface area contributed by atoms with Gasteiger partial charge in [0.2, 0.25) is 0 Å². The fourth-order valence-corrected chi connectivity index (χ4v) is 5.78. The quantitative estimate of drug-likeness (QED) is 0.0381. The molecule has 0 fully saturated rings. The van der Waals surface area contributed by atoms with Gasteiger partial charge in [0.25, 0.3) is 0 Å². The number of carbonyl (C=O) groups is 2. The van der Waals surface area contributed by atoms with Crippen LogP contribution < -0.4 is 10.2 Å². The maximum Gasteiger partial charge on any atom is 2.00 e. The van der Waals surface area contributed by atoms with E-state index in [9.17, 15) is 19.8 Å². The third-order valence-electron chi connectivity index (χ3n) is 8.93. The second-order valence-electron chi connectivity index (χ2n) is 13.9. The second kappa shape index (κ2) is 48.9. The Labute approximate surface area is 322 Å². The summed E-state index contributed by atoms with van der Waals surface area (Å²) >= 11 is 0. The zero-order valence-corrected chi connectivity index (χ0v) is 34.2. The van der Waals surface area contributed by atoms with Gasteiger partial charge in [0.15, 0.2) is 0 Å². The Balaban J connectivity index is -0.000000846. The number of aliphatic carboxylic acids is 2. The Hall–Kier alpha value is -1.17. The molecule has 0 rings (SSSR count). The van der Waals surface area contributed by atoms with Crippen LogP contribution in [0.4, 0.5) is 0 Å². The Morgan fingerprint density at radius 1 is 0.327 bits per heavy atom. The number of carbonyl (C=O) groups excluding carboxylic acids is 2. The van der Waals surface area contributed by atoms with Gasteiger partial charge in [0, 0.05) is 37.6 Å². The van der Waals surface area contributed by atoms with E-state index in [1.807, 2.05) is 0 Å². The van der Waals surface area contributed by atoms with Crippen molar-refractivity contribution in [2.45, 2.75) is 245 Å². The summed E-state index contributed by atoms with van der Waals surface area (Å²) in [5, 5.41) is 20.5. The molecular formula is C44H78MgO4. The van der Waals surface area contributed by atoms with Crippen LogP contribution in [0.3, 0.4) is 0 Å². The van der Waals surface area contributed by atoms with Crippen LogP contribution in [0.1, 0.15) is 245 Å². The molecule has 0 N–H and O–H groups in total. The zero-order chi connectivity index (χ0) is 35.4. The van der Waals surface area contributed by atoms with E-state index in [1.54, 1.807) is 0 Å². The van der Waals surface area contributed by atoms with Crippen LogP contribution in [0, 0.1) is 23.7 Å². The van der Waals surface area contributed by atoms with Gasteiger partial charge in [-0.05, 0) is 51.4 Å². The summed E-state index contributed by atoms with van der Waals surface area (Å²) in [4.78, 5) is 20.5. The summed E-state index contributed by atoms with van der Waals surface area (Å²) in [7, 11) is 0. The van der Waals surface area contributed by atoms with Crippen LogP contribution in [0.25, 0.3) is 0 Å². The molecule has 0 atom stereocenters. The minimum Gasteiger partial charge on any atom is -0.550 e. The van der Waals surface area contributed by atoms with E-state index in [2.05, 4.69) is 37.5 Å². The minimum absolute atomic E-state index is 0. The molecule has 0 aliphatic rings. The first kappa shape index (κ1) is 52.2. The van der Waals surface area contributed by atoms with Crippen LogP contribution in [-0.2, 0) is 9.59 Å². The van der Waals surface area contributed by atoms with E-state index in [0.717, 1.165) is 64.2 Å². The first-order chi connectivity index (χ1) is 23.5. The first-order valence-corrected chi connectivity index (χ1v) is 20.9.